The number of rotatable bonds is 3. The summed E-state index contributed by atoms with van der Waals surface area (Å²) >= 11 is 0.637. The number of hydrogen-bond acceptors (Lipinski definition) is 5. The molecule has 1 saturated heterocycles. The van der Waals surface area contributed by atoms with Gasteiger partial charge in [0.25, 0.3) is 0 Å². The van der Waals surface area contributed by atoms with Crippen LogP contribution in [-0.4, -0.2) is 22.4 Å². The van der Waals surface area contributed by atoms with Gasteiger partial charge in [0.2, 0.25) is 5.12 Å². The molecule has 1 fully saturated rings. The van der Waals surface area contributed by atoms with Crippen LogP contribution >= 0.6 is 11.8 Å². The van der Waals surface area contributed by atoms with Crippen LogP contribution in [0.2, 0.25) is 0 Å². The molecule has 2 rings (SSSR count). The van der Waals surface area contributed by atoms with Gasteiger partial charge in [0.15, 0.2) is 5.12 Å². The predicted octanol–water partition coefficient (Wildman–Crippen LogP) is 1.47. The summed E-state index contributed by atoms with van der Waals surface area (Å²) in [6, 6.07) is 8.44. The first-order chi connectivity index (χ1) is 8.65. The minimum atomic E-state index is -0.759. The van der Waals surface area contributed by atoms with E-state index < -0.39 is 12.1 Å². The fraction of sp³-hybridized carbons (Fsp3) is 0.250. The molecule has 1 aromatic rings. The van der Waals surface area contributed by atoms with E-state index in [2.05, 4.69) is 5.32 Å². The third-order valence-corrected chi connectivity index (χ3v) is 3.25. The molecule has 1 aliphatic heterocycles. The second-order valence-corrected chi connectivity index (χ2v) is 4.82. The number of benzene rings is 1. The van der Waals surface area contributed by atoms with Gasteiger partial charge in [0.05, 0.1) is 0 Å². The van der Waals surface area contributed by atoms with Gasteiger partial charge in [-0.25, -0.2) is 4.79 Å². The van der Waals surface area contributed by atoms with Crippen molar-refractivity contribution in [2.45, 2.75) is 19.1 Å². The highest BCUT2D eigenvalue weighted by atomic mass is 32.2. The van der Waals surface area contributed by atoms with Gasteiger partial charge in [-0.3, -0.25) is 9.59 Å². The zero-order chi connectivity index (χ0) is 13.0. The predicted molar refractivity (Wildman–Crippen MR) is 65.8 cm³/mol. The van der Waals surface area contributed by atoms with Crippen LogP contribution in [0.1, 0.15) is 12.0 Å². The molecule has 1 N–H and O–H groups in total. The molecule has 0 spiro atoms. The van der Waals surface area contributed by atoms with Gasteiger partial charge in [0.1, 0.15) is 12.6 Å². The topological polar surface area (TPSA) is 72.5 Å². The Labute approximate surface area is 108 Å². The summed E-state index contributed by atoms with van der Waals surface area (Å²) in [6.07, 6.45) is -0.656. The zero-order valence-electron chi connectivity index (χ0n) is 9.42. The van der Waals surface area contributed by atoms with Crippen LogP contribution in [0.25, 0.3) is 0 Å². The molecular formula is C12H11NO4S. The Morgan fingerprint density at radius 3 is 2.67 bits per heavy atom. The average Bonchev–Trinajstić information content (AvgIpc) is 2.67. The second-order valence-electron chi connectivity index (χ2n) is 3.76. The van der Waals surface area contributed by atoms with Crippen molar-refractivity contribution in [2.24, 2.45) is 0 Å². The van der Waals surface area contributed by atoms with E-state index in [-0.39, 0.29) is 23.3 Å². The molecule has 1 aliphatic rings. The molecule has 1 aromatic carbocycles. The van der Waals surface area contributed by atoms with Crippen molar-refractivity contribution in [3.8, 4) is 0 Å². The molecule has 6 heteroatoms. The van der Waals surface area contributed by atoms with Crippen LogP contribution in [0.4, 0.5) is 4.79 Å². The Kier molecular flexibility index (Phi) is 3.99. The molecule has 1 amide bonds. The third-order valence-electron chi connectivity index (χ3n) is 2.37. The monoisotopic (exact) mass is 265 g/mol. The Bertz CT molecular complexity index is 474. The van der Waals surface area contributed by atoms with Crippen molar-refractivity contribution in [2.75, 3.05) is 0 Å². The van der Waals surface area contributed by atoms with Crippen LogP contribution in [0.5, 0.6) is 0 Å². The molecule has 0 aromatic heterocycles. The molecule has 0 aliphatic carbocycles. The molecule has 1 atom stereocenters. The van der Waals surface area contributed by atoms with E-state index in [0.717, 1.165) is 5.56 Å². The van der Waals surface area contributed by atoms with Gasteiger partial charge in [-0.1, -0.05) is 30.3 Å². The van der Waals surface area contributed by atoms with Gasteiger partial charge in [-0.2, -0.15) is 0 Å². The van der Waals surface area contributed by atoms with Crippen LogP contribution in [0.3, 0.4) is 0 Å². The molecular weight excluding hydrogens is 254 g/mol. The third kappa shape index (κ3) is 3.33. The second kappa shape index (κ2) is 5.68. The summed E-state index contributed by atoms with van der Waals surface area (Å²) in [7, 11) is 0. The summed E-state index contributed by atoms with van der Waals surface area (Å²) in [5, 5.41) is 1.81. The fourth-order valence-corrected chi connectivity index (χ4v) is 2.25. The maximum atomic E-state index is 11.4. The average molecular weight is 265 g/mol. The van der Waals surface area contributed by atoms with Crippen molar-refractivity contribution in [1.29, 1.82) is 0 Å². The normalized spacial score (nSPS) is 18.8. The number of hydrogen-bond donors (Lipinski definition) is 1. The zero-order valence-corrected chi connectivity index (χ0v) is 10.2. The van der Waals surface area contributed by atoms with E-state index in [1.807, 2.05) is 30.3 Å². The Morgan fingerprint density at radius 2 is 2.06 bits per heavy atom. The van der Waals surface area contributed by atoms with Crippen LogP contribution in [-0.2, 0) is 20.9 Å². The first-order valence-electron chi connectivity index (χ1n) is 5.37. The minimum absolute atomic E-state index is 0.0317. The van der Waals surface area contributed by atoms with Gasteiger partial charge < -0.3 is 10.1 Å². The number of ether oxygens (including phenoxy) is 1. The van der Waals surface area contributed by atoms with E-state index in [1.54, 1.807) is 0 Å². The highest BCUT2D eigenvalue weighted by molar-refractivity contribution is 8.26. The van der Waals surface area contributed by atoms with Crippen LogP contribution < -0.4 is 5.32 Å². The maximum Gasteiger partial charge on any atom is 0.408 e. The van der Waals surface area contributed by atoms with Crippen molar-refractivity contribution >= 4 is 28.1 Å². The van der Waals surface area contributed by atoms with E-state index in [4.69, 9.17) is 4.74 Å². The highest BCUT2D eigenvalue weighted by Crippen LogP contribution is 2.21. The summed E-state index contributed by atoms with van der Waals surface area (Å²) in [5.74, 6) is 0. The molecule has 0 bridgehead atoms. The summed E-state index contributed by atoms with van der Waals surface area (Å²) in [6.45, 7) is 0.134. The Balaban J connectivity index is 1.79. The number of thioether (sulfide) groups is 1. The molecule has 94 valence electrons. The molecule has 5 nitrogen and oxygen atoms in total. The van der Waals surface area contributed by atoms with Gasteiger partial charge in [-0.15, -0.1) is 0 Å². The molecule has 0 unspecified atom stereocenters. The van der Waals surface area contributed by atoms with Gasteiger partial charge in [-0.05, 0) is 17.3 Å². The Morgan fingerprint density at radius 1 is 1.33 bits per heavy atom. The standard InChI is InChI=1S/C12H11NO4S/c14-10-6-9(11(15)18-10)13-12(16)17-7-8-4-2-1-3-5-8/h1-5,9H,6-7H2,(H,13,16)/t9-/m0/s1. The van der Waals surface area contributed by atoms with E-state index in [0.29, 0.717) is 11.8 Å². The van der Waals surface area contributed by atoms with Crippen molar-refractivity contribution in [3.05, 3.63) is 35.9 Å². The van der Waals surface area contributed by atoms with Crippen LogP contribution in [0.15, 0.2) is 30.3 Å². The lowest BCUT2D eigenvalue weighted by molar-refractivity contribution is -0.113. The first kappa shape index (κ1) is 12.6. The lowest BCUT2D eigenvalue weighted by atomic mass is 10.2. The van der Waals surface area contributed by atoms with Crippen molar-refractivity contribution in [3.63, 3.8) is 0 Å². The number of carbonyl (C=O) groups is 3. The van der Waals surface area contributed by atoms with E-state index in [1.165, 1.54) is 0 Å². The number of nitrogens with one attached hydrogen (secondary N) is 1. The number of alkyl carbamates (subject to hydrolysis) is 1. The minimum Gasteiger partial charge on any atom is -0.445 e. The quantitative estimate of drug-likeness (QED) is 0.896. The Hall–Kier alpha value is -1.82. The SMILES string of the molecule is O=C(N[C@H]1CC(=O)SC1=O)OCc1ccccc1. The fourth-order valence-electron chi connectivity index (χ4n) is 1.49. The van der Waals surface area contributed by atoms with E-state index >= 15 is 0 Å². The number of amides is 1. The smallest absolute Gasteiger partial charge is 0.408 e. The van der Waals surface area contributed by atoms with Crippen LogP contribution in [0, 0.1) is 0 Å². The molecule has 0 saturated carbocycles. The van der Waals surface area contributed by atoms with Gasteiger partial charge in [0, 0.05) is 6.42 Å². The van der Waals surface area contributed by atoms with Crippen molar-refractivity contribution < 1.29 is 19.1 Å². The summed E-state index contributed by atoms with van der Waals surface area (Å²) < 4.78 is 4.95. The first-order valence-corrected chi connectivity index (χ1v) is 6.18. The lowest BCUT2D eigenvalue weighted by Crippen LogP contribution is -2.37. The number of carbonyl (C=O) groups excluding carboxylic acids is 3. The van der Waals surface area contributed by atoms with Gasteiger partial charge >= 0.3 is 6.09 Å². The lowest BCUT2D eigenvalue weighted by Gasteiger charge is -2.10. The van der Waals surface area contributed by atoms with E-state index in [9.17, 15) is 14.4 Å². The van der Waals surface area contributed by atoms with Crippen molar-refractivity contribution in [1.82, 2.24) is 5.32 Å². The molecule has 18 heavy (non-hydrogen) atoms. The maximum absolute atomic E-state index is 11.4. The summed E-state index contributed by atoms with van der Waals surface area (Å²) in [5.41, 5.74) is 0.857. The summed E-state index contributed by atoms with van der Waals surface area (Å²) in [4.78, 5) is 33.7. The molecule has 0 radical (unpaired) electrons. The molecule has 1 heterocycles. The largest absolute Gasteiger partial charge is 0.445 e. The highest BCUT2D eigenvalue weighted by Gasteiger charge is 2.33.